The fourth-order valence-electron chi connectivity index (χ4n) is 1.71. The largest absolute Gasteiger partial charge is 0.386 e. The summed E-state index contributed by atoms with van der Waals surface area (Å²) in [6.45, 7) is 0.991. The second-order valence-electron chi connectivity index (χ2n) is 4.22. The molecule has 0 radical (unpaired) electrons. The minimum Gasteiger partial charge on any atom is -0.386 e. The van der Waals surface area contributed by atoms with E-state index in [0.29, 0.717) is 23.6 Å². The van der Waals surface area contributed by atoms with E-state index < -0.39 is 5.60 Å². The number of carbonyl (C=O) groups excluding carboxylic acids is 1. The van der Waals surface area contributed by atoms with Crippen LogP contribution in [0.4, 0.5) is 0 Å². The van der Waals surface area contributed by atoms with Crippen LogP contribution in [0.2, 0.25) is 5.02 Å². The molecule has 0 spiro atoms. The summed E-state index contributed by atoms with van der Waals surface area (Å²) in [5.74, 6) is -0.243. The van der Waals surface area contributed by atoms with Crippen molar-refractivity contribution in [3.63, 3.8) is 0 Å². The molecule has 2 N–H and O–H groups in total. The Morgan fingerprint density at radius 2 is 2.41 bits per heavy atom. The van der Waals surface area contributed by atoms with Gasteiger partial charge in [0.1, 0.15) is 5.60 Å². The van der Waals surface area contributed by atoms with Gasteiger partial charge < -0.3 is 15.2 Å². The van der Waals surface area contributed by atoms with Crippen molar-refractivity contribution in [2.75, 3.05) is 19.8 Å². The summed E-state index contributed by atoms with van der Waals surface area (Å²) < 4.78 is 5.09. The van der Waals surface area contributed by atoms with Crippen LogP contribution < -0.4 is 5.32 Å². The zero-order valence-electron chi connectivity index (χ0n) is 9.28. The maximum atomic E-state index is 11.8. The lowest BCUT2D eigenvalue weighted by Crippen LogP contribution is -2.43. The van der Waals surface area contributed by atoms with Crippen LogP contribution in [0, 0.1) is 0 Å². The van der Waals surface area contributed by atoms with Gasteiger partial charge in [-0.05, 0) is 18.2 Å². The van der Waals surface area contributed by atoms with Gasteiger partial charge in [0.2, 0.25) is 0 Å². The molecule has 1 aromatic carbocycles. The molecule has 0 bridgehead atoms. The smallest absolute Gasteiger partial charge is 0.251 e. The number of aliphatic hydroxyl groups is 1. The highest BCUT2D eigenvalue weighted by Crippen LogP contribution is 2.17. The molecule has 17 heavy (non-hydrogen) atoms. The lowest BCUT2D eigenvalue weighted by atomic mass is 10.0. The molecule has 1 atom stereocenters. The van der Waals surface area contributed by atoms with Gasteiger partial charge in [-0.15, -0.1) is 0 Å². The Morgan fingerprint density at radius 3 is 3.06 bits per heavy atom. The van der Waals surface area contributed by atoms with E-state index in [-0.39, 0.29) is 19.1 Å². The molecule has 1 heterocycles. The predicted octanol–water partition coefficient (Wildman–Crippen LogP) is 1.22. The standard InChI is InChI=1S/C12H14ClNO3/c13-10-3-1-2-9(6-10)11(15)14-7-12(16)4-5-17-8-12/h1-3,6,16H,4-5,7-8H2,(H,14,15). The van der Waals surface area contributed by atoms with Gasteiger partial charge in [-0.1, -0.05) is 17.7 Å². The van der Waals surface area contributed by atoms with Crippen molar-refractivity contribution in [2.24, 2.45) is 0 Å². The normalized spacial score (nSPS) is 23.6. The zero-order chi connectivity index (χ0) is 12.3. The molecule has 1 aliphatic heterocycles. The minimum atomic E-state index is -0.936. The van der Waals surface area contributed by atoms with E-state index in [1.54, 1.807) is 24.3 Å². The molecular weight excluding hydrogens is 242 g/mol. The molecule has 0 aliphatic carbocycles. The van der Waals surface area contributed by atoms with Crippen molar-refractivity contribution in [1.29, 1.82) is 0 Å². The molecule has 1 unspecified atom stereocenters. The Kier molecular flexibility index (Phi) is 3.66. The fourth-order valence-corrected chi connectivity index (χ4v) is 1.90. The highest BCUT2D eigenvalue weighted by atomic mass is 35.5. The van der Waals surface area contributed by atoms with E-state index in [9.17, 15) is 9.90 Å². The van der Waals surface area contributed by atoms with E-state index >= 15 is 0 Å². The van der Waals surface area contributed by atoms with Gasteiger partial charge in [-0.2, -0.15) is 0 Å². The Labute approximate surface area is 105 Å². The molecule has 5 heteroatoms. The van der Waals surface area contributed by atoms with Crippen LogP contribution in [0.5, 0.6) is 0 Å². The van der Waals surface area contributed by atoms with Crippen LogP contribution in [-0.2, 0) is 4.74 Å². The third kappa shape index (κ3) is 3.19. The summed E-state index contributed by atoms with van der Waals surface area (Å²) in [5.41, 5.74) is -0.450. The molecule has 0 aromatic heterocycles. The first-order chi connectivity index (χ1) is 8.09. The van der Waals surface area contributed by atoms with Gasteiger partial charge in [0.05, 0.1) is 6.61 Å². The Morgan fingerprint density at radius 1 is 1.59 bits per heavy atom. The van der Waals surface area contributed by atoms with Gasteiger partial charge in [-0.25, -0.2) is 0 Å². The number of hydrogen-bond acceptors (Lipinski definition) is 3. The Balaban J connectivity index is 1.93. The summed E-state index contributed by atoms with van der Waals surface area (Å²) in [5, 5.41) is 13.2. The monoisotopic (exact) mass is 255 g/mol. The Hall–Kier alpha value is -1.10. The minimum absolute atomic E-state index is 0.193. The quantitative estimate of drug-likeness (QED) is 0.854. The lowest BCUT2D eigenvalue weighted by molar-refractivity contribution is 0.0264. The fraction of sp³-hybridized carbons (Fsp3) is 0.417. The third-order valence-electron chi connectivity index (χ3n) is 2.75. The number of carbonyl (C=O) groups is 1. The topological polar surface area (TPSA) is 58.6 Å². The van der Waals surface area contributed by atoms with E-state index in [1.165, 1.54) is 0 Å². The number of nitrogens with one attached hydrogen (secondary N) is 1. The summed E-state index contributed by atoms with van der Waals surface area (Å²) in [7, 11) is 0. The van der Waals surface area contributed by atoms with Crippen LogP contribution in [-0.4, -0.2) is 36.4 Å². The number of amides is 1. The molecule has 1 aliphatic rings. The number of benzene rings is 1. The van der Waals surface area contributed by atoms with Crippen LogP contribution in [0.25, 0.3) is 0 Å². The maximum Gasteiger partial charge on any atom is 0.251 e. The van der Waals surface area contributed by atoms with Crippen LogP contribution in [0.1, 0.15) is 16.8 Å². The highest BCUT2D eigenvalue weighted by Gasteiger charge is 2.32. The van der Waals surface area contributed by atoms with Crippen LogP contribution >= 0.6 is 11.6 Å². The molecule has 1 saturated heterocycles. The van der Waals surface area contributed by atoms with Crippen LogP contribution in [0.15, 0.2) is 24.3 Å². The first-order valence-electron chi connectivity index (χ1n) is 5.43. The van der Waals surface area contributed by atoms with Crippen molar-refractivity contribution in [3.05, 3.63) is 34.9 Å². The van der Waals surface area contributed by atoms with Crippen molar-refractivity contribution in [3.8, 4) is 0 Å². The Bertz CT molecular complexity index is 416. The molecule has 4 nitrogen and oxygen atoms in total. The number of halogens is 1. The van der Waals surface area contributed by atoms with Gasteiger partial charge in [0.25, 0.3) is 5.91 Å². The average Bonchev–Trinajstić information content (AvgIpc) is 2.74. The first kappa shape index (κ1) is 12.4. The van der Waals surface area contributed by atoms with Gasteiger partial charge in [0, 0.05) is 30.2 Å². The van der Waals surface area contributed by atoms with Crippen molar-refractivity contribution in [2.45, 2.75) is 12.0 Å². The van der Waals surface area contributed by atoms with Crippen molar-refractivity contribution in [1.82, 2.24) is 5.32 Å². The molecule has 2 rings (SSSR count). The van der Waals surface area contributed by atoms with Crippen LogP contribution in [0.3, 0.4) is 0 Å². The average molecular weight is 256 g/mol. The summed E-state index contributed by atoms with van der Waals surface area (Å²) in [6.07, 6.45) is 0.544. The van der Waals surface area contributed by atoms with E-state index in [0.717, 1.165) is 0 Å². The predicted molar refractivity (Wildman–Crippen MR) is 64.2 cm³/mol. The lowest BCUT2D eigenvalue weighted by Gasteiger charge is -2.20. The van der Waals surface area contributed by atoms with E-state index in [4.69, 9.17) is 16.3 Å². The second-order valence-corrected chi connectivity index (χ2v) is 4.66. The van der Waals surface area contributed by atoms with Gasteiger partial charge >= 0.3 is 0 Å². The zero-order valence-corrected chi connectivity index (χ0v) is 10.0. The summed E-state index contributed by atoms with van der Waals surface area (Å²) in [6, 6.07) is 6.68. The summed E-state index contributed by atoms with van der Waals surface area (Å²) >= 11 is 5.79. The molecule has 1 fully saturated rings. The van der Waals surface area contributed by atoms with E-state index in [2.05, 4.69) is 5.32 Å². The molecule has 0 saturated carbocycles. The molecule has 1 aromatic rings. The summed E-state index contributed by atoms with van der Waals surface area (Å²) in [4.78, 5) is 11.8. The SMILES string of the molecule is O=C(NCC1(O)CCOC1)c1cccc(Cl)c1. The molecule has 92 valence electrons. The number of rotatable bonds is 3. The second kappa shape index (κ2) is 5.04. The van der Waals surface area contributed by atoms with Crippen molar-refractivity contribution < 1.29 is 14.6 Å². The third-order valence-corrected chi connectivity index (χ3v) is 2.98. The molecular formula is C12H14ClNO3. The van der Waals surface area contributed by atoms with Crippen molar-refractivity contribution >= 4 is 17.5 Å². The van der Waals surface area contributed by atoms with E-state index in [1.807, 2.05) is 0 Å². The number of hydrogen-bond donors (Lipinski definition) is 2. The van der Waals surface area contributed by atoms with Gasteiger partial charge in [-0.3, -0.25) is 4.79 Å². The first-order valence-corrected chi connectivity index (χ1v) is 5.81. The molecule has 1 amide bonds. The highest BCUT2D eigenvalue weighted by molar-refractivity contribution is 6.30. The van der Waals surface area contributed by atoms with Gasteiger partial charge in [0.15, 0.2) is 0 Å². The number of ether oxygens (including phenoxy) is 1. The maximum absolute atomic E-state index is 11.8.